The molecule has 0 aliphatic carbocycles. The van der Waals surface area contributed by atoms with Crippen LogP contribution in [0.5, 0.6) is 0 Å². The first kappa shape index (κ1) is 22.8. The van der Waals surface area contributed by atoms with Crippen molar-refractivity contribution in [3.05, 3.63) is 130 Å². The SMILES string of the molecule is Cc1ccccc1C(=O)Nc1cccc(NC(=O)c2cccc(-c3cc4ccccc4oc3=O)c2)c1. The van der Waals surface area contributed by atoms with E-state index in [4.69, 9.17) is 4.42 Å². The van der Waals surface area contributed by atoms with E-state index in [1.165, 1.54) is 0 Å². The van der Waals surface area contributed by atoms with Crippen LogP contribution in [0.3, 0.4) is 0 Å². The zero-order valence-electron chi connectivity index (χ0n) is 19.4. The van der Waals surface area contributed by atoms with Crippen LogP contribution in [-0.4, -0.2) is 11.8 Å². The van der Waals surface area contributed by atoms with Gasteiger partial charge in [-0.3, -0.25) is 9.59 Å². The van der Waals surface area contributed by atoms with Gasteiger partial charge in [-0.2, -0.15) is 0 Å². The Hall–Kier alpha value is -4.97. The molecule has 0 saturated carbocycles. The smallest absolute Gasteiger partial charge is 0.344 e. The van der Waals surface area contributed by atoms with E-state index in [0.29, 0.717) is 39.2 Å². The number of anilines is 2. The van der Waals surface area contributed by atoms with Crippen molar-refractivity contribution in [1.29, 1.82) is 0 Å². The summed E-state index contributed by atoms with van der Waals surface area (Å²) in [6, 6.07) is 30.1. The predicted octanol–water partition coefficient (Wildman–Crippen LogP) is 6.27. The van der Waals surface area contributed by atoms with E-state index in [9.17, 15) is 14.4 Å². The van der Waals surface area contributed by atoms with Crippen LogP contribution in [0.2, 0.25) is 0 Å². The fourth-order valence-corrected chi connectivity index (χ4v) is 4.00. The number of nitrogens with one attached hydrogen (secondary N) is 2. The number of carbonyl (C=O) groups is 2. The summed E-state index contributed by atoms with van der Waals surface area (Å²) in [6.45, 7) is 1.88. The van der Waals surface area contributed by atoms with Gasteiger partial charge in [0.2, 0.25) is 0 Å². The Morgan fingerprint density at radius 2 is 1.39 bits per heavy atom. The number of rotatable bonds is 5. The summed E-state index contributed by atoms with van der Waals surface area (Å²) < 4.78 is 5.44. The number of amides is 2. The minimum absolute atomic E-state index is 0.224. The Bertz CT molecular complexity index is 1670. The first-order valence-corrected chi connectivity index (χ1v) is 11.4. The monoisotopic (exact) mass is 474 g/mol. The zero-order chi connectivity index (χ0) is 25.1. The molecule has 1 heterocycles. The van der Waals surface area contributed by atoms with E-state index in [0.717, 1.165) is 10.9 Å². The first-order valence-electron chi connectivity index (χ1n) is 11.4. The molecular weight excluding hydrogens is 452 g/mol. The van der Waals surface area contributed by atoms with Gasteiger partial charge in [-0.15, -0.1) is 0 Å². The van der Waals surface area contributed by atoms with Crippen LogP contribution in [0.15, 0.2) is 112 Å². The van der Waals surface area contributed by atoms with Crippen molar-refractivity contribution in [3.63, 3.8) is 0 Å². The van der Waals surface area contributed by atoms with E-state index in [2.05, 4.69) is 10.6 Å². The molecule has 5 aromatic rings. The average Bonchev–Trinajstić information content (AvgIpc) is 2.89. The van der Waals surface area contributed by atoms with Crippen LogP contribution in [0.4, 0.5) is 11.4 Å². The molecule has 1 aromatic heterocycles. The summed E-state index contributed by atoms with van der Waals surface area (Å²) in [5, 5.41) is 6.52. The number of fused-ring (bicyclic) bond motifs is 1. The Morgan fingerprint density at radius 1 is 0.694 bits per heavy atom. The molecular formula is C30H22N2O4. The first-order chi connectivity index (χ1) is 17.5. The maximum Gasteiger partial charge on any atom is 0.344 e. The quantitative estimate of drug-likeness (QED) is 0.294. The Labute approximate surface area is 207 Å². The maximum atomic E-state index is 13.0. The summed E-state index contributed by atoms with van der Waals surface area (Å²) in [7, 11) is 0. The molecule has 2 amide bonds. The molecule has 0 bridgehead atoms. The molecule has 0 spiro atoms. The average molecular weight is 475 g/mol. The summed E-state index contributed by atoms with van der Waals surface area (Å²) in [5.41, 5.74) is 3.93. The standard InChI is InChI=1S/C30H22N2O4/c1-19-8-2-4-14-25(19)29(34)32-24-13-7-12-23(18-24)31-28(33)22-11-6-10-20(16-22)26-17-21-9-3-5-15-27(21)36-30(26)35/h2-18H,1H3,(H,31,33)(H,32,34). The zero-order valence-corrected chi connectivity index (χ0v) is 19.4. The molecule has 0 aliphatic heterocycles. The minimum atomic E-state index is -0.469. The molecule has 6 heteroatoms. The van der Waals surface area contributed by atoms with Crippen LogP contribution in [-0.2, 0) is 0 Å². The van der Waals surface area contributed by atoms with Crippen molar-refractivity contribution in [2.24, 2.45) is 0 Å². The number of aryl methyl sites for hydroxylation is 1. The van der Waals surface area contributed by atoms with Gasteiger partial charge < -0.3 is 15.1 Å². The molecule has 0 radical (unpaired) electrons. The number of carbonyl (C=O) groups excluding carboxylic acids is 2. The Kier molecular flexibility index (Phi) is 6.16. The van der Waals surface area contributed by atoms with Gasteiger partial charge in [0.1, 0.15) is 5.58 Å². The van der Waals surface area contributed by atoms with Crippen LogP contribution >= 0.6 is 0 Å². The fourth-order valence-electron chi connectivity index (χ4n) is 4.00. The van der Waals surface area contributed by atoms with Crippen LogP contribution < -0.4 is 16.3 Å². The Morgan fingerprint density at radius 3 is 2.19 bits per heavy atom. The van der Waals surface area contributed by atoms with Crippen molar-refractivity contribution in [2.75, 3.05) is 10.6 Å². The van der Waals surface area contributed by atoms with Crippen molar-refractivity contribution >= 4 is 34.2 Å². The number of hydrogen-bond donors (Lipinski definition) is 2. The van der Waals surface area contributed by atoms with Crippen molar-refractivity contribution in [3.8, 4) is 11.1 Å². The van der Waals surface area contributed by atoms with Gasteiger partial charge in [-0.1, -0.05) is 54.6 Å². The van der Waals surface area contributed by atoms with Crippen molar-refractivity contribution in [1.82, 2.24) is 0 Å². The molecule has 0 fully saturated rings. The molecule has 0 saturated heterocycles. The van der Waals surface area contributed by atoms with Crippen LogP contribution in [0.1, 0.15) is 26.3 Å². The second kappa shape index (κ2) is 9.72. The Balaban J connectivity index is 1.35. The lowest BCUT2D eigenvalue weighted by molar-refractivity contribution is 0.101. The van der Waals surface area contributed by atoms with Crippen molar-refractivity contribution in [2.45, 2.75) is 6.92 Å². The number of benzene rings is 4. The lowest BCUT2D eigenvalue weighted by Crippen LogP contribution is -2.15. The molecule has 6 nitrogen and oxygen atoms in total. The molecule has 0 unspecified atom stereocenters. The highest BCUT2D eigenvalue weighted by Gasteiger charge is 2.13. The highest BCUT2D eigenvalue weighted by atomic mass is 16.4. The minimum Gasteiger partial charge on any atom is -0.422 e. The van der Waals surface area contributed by atoms with E-state index in [-0.39, 0.29) is 11.8 Å². The van der Waals surface area contributed by atoms with E-state index >= 15 is 0 Å². The third-order valence-corrected chi connectivity index (χ3v) is 5.85. The number of para-hydroxylation sites is 1. The van der Waals surface area contributed by atoms with Gasteiger partial charge >= 0.3 is 5.63 Å². The molecule has 2 N–H and O–H groups in total. The normalized spacial score (nSPS) is 10.7. The lowest BCUT2D eigenvalue weighted by Gasteiger charge is -2.11. The third kappa shape index (κ3) is 4.79. The van der Waals surface area contributed by atoms with Gasteiger partial charge in [-0.05, 0) is 66.6 Å². The highest BCUT2D eigenvalue weighted by molar-refractivity contribution is 6.07. The summed E-state index contributed by atoms with van der Waals surface area (Å²) in [4.78, 5) is 38.2. The van der Waals surface area contributed by atoms with Crippen LogP contribution in [0, 0.1) is 6.92 Å². The van der Waals surface area contributed by atoms with Gasteiger partial charge in [0.25, 0.3) is 11.8 Å². The van der Waals surface area contributed by atoms with E-state index < -0.39 is 5.63 Å². The van der Waals surface area contributed by atoms with E-state index in [1.54, 1.807) is 72.8 Å². The fraction of sp³-hybridized carbons (Fsp3) is 0.0333. The lowest BCUT2D eigenvalue weighted by atomic mass is 10.0. The summed E-state index contributed by atoms with van der Waals surface area (Å²) >= 11 is 0. The highest BCUT2D eigenvalue weighted by Crippen LogP contribution is 2.23. The topological polar surface area (TPSA) is 88.4 Å². The third-order valence-electron chi connectivity index (χ3n) is 5.85. The van der Waals surface area contributed by atoms with Gasteiger partial charge in [0, 0.05) is 27.9 Å². The molecule has 5 rings (SSSR count). The molecule has 0 aliphatic rings. The summed E-state index contributed by atoms with van der Waals surface area (Å²) in [5.74, 6) is -0.567. The van der Waals surface area contributed by atoms with Gasteiger partial charge in [0.15, 0.2) is 0 Å². The number of hydrogen-bond acceptors (Lipinski definition) is 4. The van der Waals surface area contributed by atoms with E-state index in [1.807, 2.05) is 37.3 Å². The second-order valence-corrected chi connectivity index (χ2v) is 8.37. The molecule has 4 aromatic carbocycles. The second-order valence-electron chi connectivity index (χ2n) is 8.37. The van der Waals surface area contributed by atoms with Crippen molar-refractivity contribution < 1.29 is 14.0 Å². The predicted molar refractivity (Wildman–Crippen MR) is 141 cm³/mol. The summed E-state index contributed by atoms with van der Waals surface area (Å²) in [6.07, 6.45) is 0. The van der Waals surface area contributed by atoms with Gasteiger partial charge in [-0.25, -0.2) is 4.79 Å². The largest absolute Gasteiger partial charge is 0.422 e. The molecule has 36 heavy (non-hydrogen) atoms. The molecule has 176 valence electrons. The van der Waals surface area contributed by atoms with Gasteiger partial charge in [0.05, 0.1) is 5.56 Å². The van der Waals surface area contributed by atoms with Crippen LogP contribution in [0.25, 0.3) is 22.1 Å². The maximum absolute atomic E-state index is 13.0. The molecule has 0 atom stereocenters.